The highest BCUT2D eigenvalue weighted by Gasteiger charge is 2.06. The van der Waals surface area contributed by atoms with Crippen molar-refractivity contribution in [2.24, 2.45) is 0 Å². The molecule has 4 nitrogen and oxygen atoms in total. The number of terminal acetylenes is 1. The van der Waals surface area contributed by atoms with E-state index in [1.54, 1.807) is 24.3 Å². The largest absolute Gasteiger partial charge is 0.465 e. The van der Waals surface area contributed by atoms with Gasteiger partial charge >= 0.3 is 5.97 Å². The van der Waals surface area contributed by atoms with Gasteiger partial charge < -0.3 is 4.74 Å². The molecule has 1 N–H and O–H groups in total. The van der Waals surface area contributed by atoms with Gasteiger partial charge in [-0.1, -0.05) is 5.92 Å². The number of methoxy groups -OCH3 is 1. The van der Waals surface area contributed by atoms with Crippen LogP contribution in [-0.2, 0) is 15.7 Å². The number of rotatable bonds is 4. The van der Waals surface area contributed by atoms with Crippen LogP contribution in [-0.4, -0.2) is 23.8 Å². The highest BCUT2D eigenvalue weighted by atomic mass is 32.2. The maximum Gasteiger partial charge on any atom is 0.337 e. The van der Waals surface area contributed by atoms with Crippen LogP contribution in [0.2, 0.25) is 0 Å². The summed E-state index contributed by atoms with van der Waals surface area (Å²) in [6.45, 7) is 0.228. The van der Waals surface area contributed by atoms with Crippen molar-refractivity contribution in [2.45, 2.75) is 4.90 Å². The van der Waals surface area contributed by atoms with E-state index in [1.807, 2.05) is 0 Å². The zero-order chi connectivity index (χ0) is 12.0. The van der Waals surface area contributed by atoms with Crippen molar-refractivity contribution in [3.63, 3.8) is 0 Å². The summed E-state index contributed by atoms with van der Waals surface area (Å²) in [4.78, 5) is 11.7. The van der Waals surface area contributed by atoms with Crippen molar-refractivity contribution in [1.82, 2.24) is 4.72 Å². The summed E-state index contributed by atoms with van der Waals surface area (Å²) >= 11 is 0. The Kier molecular flexibility index (Phi) is 4.70. The molecule has 0 fully saturated rings. The minimum absolute atomic E-state index is 0.228. The van der Waals surface area contributed by atoms with E-state index in [2.05, 4.69) is 15.4 Å². The second kappa shape index (κ2) is 6.05. The van der Waals surface area contributed by atoms with E-state index in [0.717, 1.165) is 0 Å². The molecule has 16 heavy (non-hydrogen) atoms. The predicted octanol–water partition coefficient (Wildman–Crippen LogP) is 0.719. The molecule has 0 aliphatic carbocycles. The van der Waals surface area contributed by atoms with E-state index >= 15 is 0 Å². The van der Waals surface area contributed by atoms with E-state index in [0.29, 0.717) is 10.5 Å². The first-order valence-electron chi connectivity index (χ1n) is 4.46. The van der Waals surface area contributed by atoms with Gasteiger partial charge in [-0.05, 0) is 24.3 Å². The molecule has 0 radical (unpaired) electrons. The number of hydrogen-bond donors (Lipinski definition) is 1. The van der Waals surface area contributed by atoms with Gasteiger partial charge in [-0.25, -0.2) is 13.7 Å². The Labute approximate surface area is 96.6 Å². The molecule has 0 heterocycles. The zero-order valence-corrected chi connectivity index (χ0v) is 9.54. The Morgan fingerprint density at radius 1 is 1.50 bits per heavy atom. The van der Waals surface area contributed by atoms with E-state index < -0.39 is 17.0 Å². The number of carbonyl (C=O) groups is 1. The molecule has 1 unspecified atom stereocenters. The molecule has 0 aliphatic heterocycles. The maximum absolute atomic E-state index is 11.5. The lowest BCUT2D eigenvalue weighted by atomic mass is 10.2. The minimum Gasteiger partial charge on any atom is -0.465 e. The molecule has 1 aromatic carbocycles. The summed E-state index contributed by atoms with van der Waals surface area (Å²) in [5.41, 5.74) is 0.417. The van der Waals surface area contributed by atoms with Crippen molar-refractivity contribution in [2.75, 3.05) is 13.7 Å². The molecule has 84 valence electrons. The van der Waals surface area contributed by atoms with Gasteiger partial charge in [0.1, 0.15) is 11.0 Å². The Balaban J connectivity index is 2.75. The van der Waals surface area contributed by atoms with Crippen molar-refractivity contribution >= 4 is 17.0 Å². The van der Waals surface area contributed by atoms with Gasteiger partial charge in [0.15, 0.2) is 0 Å². The zero-order valence-electron chi connectivity index (χ0n) is 8.73. The molecule has 0 saturated carbocycles. The van der Waals surface area contributed by atoms with Crippen LogP contribution < -0.4 is 4.72 Å². The van der Waals surface area contributed by atoms with Crippen LogP contribution >= 0.6 is 0 Å². The number of nitrogens with one attached hydrogen (secondary N) is 1. The molecule has 0 aromatic heterocycles. The summed E-state index contributed by atoms with van der Waals surface area (Å²) in [5.74, 6) is 1.91. The lowest BCUT2D eigenvalue weighted by Crippen LogP contribution is -2.17. The van der Waals surface area contributed by atoms with Gasteiger partial charge in [0.2, 0.25) is 0 Å². The number of hydrogen-bond acceptors (Lipinski definition) is 3. The average molecular weight is 237 g/mol. The lowest BCUT2D eigenvalue weighted by Gasteiger charge is -2.02. The van der Waals surface area contributed by atoms with Crippen LogP contribution in [0.4, 0.5) is 0 Å². The van der Waals surface area contributed by atoms with Gasteiger partial charge in [-0.15, -0.1) is 6.42 Å². The Bertz CT molecular complexity index is 434. The van der Waals surface area contributed by atoms with Crippen LogP contribution in [0.15, 0.2) is 29.2 Å². The second-order valence-electron chi connectivity index (χ2n) is 2.81. The lowest BCUT2D eigenvalue weighted by molar-refractivity contribution is 0.0600. The predicted molar refractivity (Wildman–Crippen MR) is 61.0 cm³/mol. The molecule has 0 bridgehead atoms. The molecular weight excluding hydrogens is 226 g/mol. The molecule has 1 rings (SSSR count). The maximum atomic E-state index is 11.5. The summed E-state index contributed by atoms with van der Waals surface area (Å²) in [6, 6.07) is 6.28. The molecule has 1 atom stereocenters. The molecular formula is C11H11NO3S. The minimum atomic E-state index is -1.35. The topological polar surface area (TPSA) is 55.4 Å². The van der Waals surface area contributed by atoms with Crippen molar-refractivity contribution in [1.29, 1.82) is 0 Å². The third-order valence-electron chi connectivity index (χ3n) is 1.79. The SMILES string of the molecule is C#CCNS(=O)c1ccc(C(=O)OC)cc1. The average Bonchev–Trinajstić information content (AvgIpc) is 2.35. The van der Waals surface area contributed by atoms with Crippen molar-refractivity contribution in [3.8, 4) is 12.3 Å². The van der Waals surface area contributed by atoms with Crippen LogP contribution in [0.25, 0.3) is 0 Å². The molecule has 0 saturated heterocycles. The first-order valence-corrected chi connectivity index (χ1v) is 5.61. The summed E-state index contributed by atoms with van der Waals surface area (Å²) in [5, 5.41) is 0. The van der Waals surface area contributed by atoms with E-state index in [4.69, 9.17) is 6.42 Å². The van der Waals surface area contributed by atoms with Crippen LogP contribution in [0, 0.1) is 12.3 Å². The smallest absolute Gasteiger partial charge is 0.337 e. The summed E-state index contributed by atoms with van der Waals surface area (Å²) < 4.78 is 18.7. The van der Waals surface area contributed by atoms with Gasteiger partial charge in [0, 0.05) is 0 Å². The third kappa shape index (κ3) is 3.19. The van der Waals surface area contributed by atoms with Crippen molar-refractivity contribution < 1.29 is 13.7 Å². The Morgan fingerprint density at radius 2 is 2.12 bits per heavy atom. The number of ether oxygens (including phenoxy) is 1. The van der Waals surface area contributed by atoms with E-state index in [1.165, 1.54) is 7.11 Å². The highest BCUT2D eigenvalue weighted by Crippen LogP contribution is 2.08. The fourth-order valence-corrected chi connectivity index (χ4v) is 1.79. The van der Waals surface area contributed by atoms with E-state index in [9.17, 15) is 9.00 Å². The fourth-order valence-electron chi connectivity index (χ4n) is 1.02. The quantitative estimate of drug-likeness (QED) is 0.620. The standard InChI is InChI=1S/C11H11NO3S/c1-3-8-12-16(14)10-6-4-9(5-7-10)11(13)15-2/h1,4-7,12H,8H2,2H3. The van der Waals surface area contributed by atoms with Gasteiger partial charge in [0.25, 0.3) is 0 Å². The first-order chi connectivity index (χ1) is 7.69. The third-order valence-corrected chi connectivity index (χ3v) is 2.90. The van der Waals surface area contributed by atoms with Gasteiger partial charge in [0.05, 0.1) is 24.1 Å². The van der Waals surface area contributed by atoms with Crippen LogP contribution in [0.3, 0.4) is 0 Å². The first kappa shape index (κ1) is 12.4. The number of carbonyl (C=O) groups excluding carboxylic acids is 1. The van der Waals surface area contributed by atoms with E-state index in [-0.39, 0.29) is 6.54 Å². The molecule has 0 amide bonds. The molecule has 0 aliphatic rings. The van der Waals surface area contributed by atoms with Crippen molar-refractivity contribution in [3.05, 3.63) is 29.8 Å². The number of benzene rings is 1. The Hall–Kier alpha value is -1.64. The van der Waals surface area contributed by atoms with Gasteiger partial charge in [-0.3, -0.25) is 0 Å². The van der Waals surface area contributed by atoms with Crippen LogP contribution in [0.5, 0.6) is 0 Å². The van der Waals surface area contributed by atoms with Gasteiger partial charge in [-0.2, -0.15) is 0 Å². The second-order valence-corrected chi connectivity index (χ2v) is 4.11. The number of esters is 1. The summed E-state index contributed by atoms with van der Waals surface area (Å²) in [7, 11) is -0.0429. The molecule has 5 heteroatoms. The molecule has 1 aromatic rings. The Morgan fingerprint density at radius 3 is 2.62 bits per heavy atom. The monoisotopic (exact) mass is 237 g/mol. The normalized spacial score (nSPS) is 11.5. The van der Waals surface area contributed by atoms with Crippen LogP contribution in [0.1, 0.15) is 10.4 Å². The highest BCUT2D eigenvalue weighted by molar-refractivity contribution is 7.83. The molecule has 0 spiro atoms. The fraction of sp³-hybridized carbons (Fsp3) is 0.182. The summed E-state index contributed by atoms with van der Waals surface area (Å²) in [6.07, 6.45) is 5.03.